The quantitative estimate of drug-likeness (QED) is 0.663. The summed E-state index contributed by atoms with van der Waals surface area (Å²) in [6, 6.07) is 16.0. The molecular weight excluding hydrogens is 340 g/mol. The SMILES string of the molecule is COc1ccc(CNCCNC(=O)C(C)(C)C)cc1OCc1ccccc1. The summed E-state index contributed by atoms with van der Waals surface area (Å²) in [6.45, 7) is 8.21. The fraction of sp³-hybridized carbons (Fsp3) is 0.409. The van der Waals surface area contributed by atoms with Crippen molar-refractivity contribution in [1.29, 1.82) is 0 Å². The zero-order valence-corrected chi connectivity index (χ0v) is 16.7. The Balaban J connectivity index is 1.84. The normalized spacial score (nSPS) is 11.1. The Kier molecular flexibility index (Phi) is 7.67. The van der Waals surface area contributed by atoms with Gasteiger partial charge in [0.25, 0.3) is 0 Å². The van der Waals surface area contributed by atoms with Crippen molar-refractivity contribution in [2.24, 2.45) is 5.41 Å². The van der Waals surface area contributed by atoms with Crippen LogP contribution in [0.15, 0.2) is 48.5 Å². The molecule has 0 radical (unpaired) electrons. The molecule has 146 valence electrons. The van der Waals surface area contributed by atoms with E-state index in [0.717, 1.165) is 16.9 Å². The maximum atomic E-state index is 11.8. The molecule has 0 bridgehead atoms. The Hall–Kier alpha value is -2.53. The summed E-state index contributed by atoms with van der Waals surface area (Å²) in [5, 5.41) is 6.27. The van der Waals surface area contributed by atoms with E-state index in [1.165, 1.54) is 0 Å². The van der Waals surface area contributed by atoms with Crippen LogP contribution in [-0.2, 0) is 17.9 Å². The van der Waals surface area contributed by atoms with Crippen LogP contribution in [0.2, 0.25) is 0 Å². The van der Waals surface area contributed by atoms with Gasteiger partial charge in [0.05, 0.1) is 7.11 Å². The summed E-state index contributed by atoms with van der Waals surface area (Å²) in [5.74, 6) is 1.50. The van der Waals surface area contributed by atoms with E-state index >= 15 is 0 Å². The van der Waals surface area contributed by atoms with Crippen molar-refractivity contribution in [3.05, 3.63) is 59.7 Å². The highest BCUT2D eigenvalue weighted by molar-refractivity contribution is 5.81. The number of amides is 1. The highest BCUT2D eigenvalue weighted by Gasteiger charge is 2.20. The molecule has 5 heteroatoms. The zero-order chi connectivity index (χ0) is 19.7. The maximum Gasteiger partial charge on any atom is 0.225 e. The van der Waals surface area contributed by atoms with Crippen molar-refractivity contribution in [2.75, 3.05) is 20.2 Å². The minimum Gasteiger partial charge on any atom is -0.493 e. The second-order valence-electron chi connectivity index (χ2n) is 7.44. The fourth-order valence-electron chi connectivity index (χ4n) is 2.44. The predicted octanol–water partition coefficient (Wildman–Crippen LogP) is 3.53. The van der Waals surface area contributed by atoms with Gasteiger partial charge in [-0.1, -0.05) is 57.2 Å². The van der Waals surface area contributed by atoms with Gasteiger partial charge in [0, 0.05) is 25.0 Å². The topological polar surface area (TPSA) is 59.6 Å². The van der Waals surface area contributed by atoms with Crippen LogP contribution in [0.25, 0.3) is 0 Å². The van der Waals surface area contributed by atoms with Gasteiger partial charge in [0.15, 0.2) is 11.5 Å². The number of carbonyl (C=O) groups excluding carboxylic acids is 1. The van der Waals surface area contributed by atoms with Crippen LogP contribution in [0.5, 0.6) is 11.5 Å². The van der Waals surface area contributed by atoms with E-state index in [-0.39, 0.29) is 11.3 Å². The lowest BCUT2D eigenvalue weighted by Gasteiger charge is -2.17. The first kappa shape index (κ1) is 20.8. The molecule has 0 unspecified atom stereocenters. The number of carbonyl (C=O) groups is 1. The lowest BCUT2D eigenvalue weighted by atomic mass is 9.96. The zero-order valence-electron chi connectivity index (χ0n) is 16.7. The molecule has 0 fully saturated rings. The Morgan fingerprint density at radius 1 is 0.963 bits per heavy atom. The van der Waals surface area contributed by atoms with Gasteiger partial charge in [-0.25, -0.2) is 0 Å². The Labute approximate surface area is 162 Å². The summed E-state index contributed by atoms with van der Waals surface area (Å²) >= 11 is 0. The molecule has 27 heavy (non-hydrogen) atoms. The molecule has 2 aromatic rings. The van der Waals surface area contributed by atoms with Gasteiger partial charge in [0.2, 0.25) is 5.91 Å². The standard InChI is InChI=1S/C22H30N2O3/c1-22(2,3)21(25)24-13-12-23-15-18-10-11-19(26-4)20(14-18)27-16-17-8-6-5-7-9-17/h5-11,14,23H,12-13,15-16H2,1-4H3,(H,24,25). The van der Waals surface area contributed by atoms with Crippen LogP contribution in [0, 0.1) is 5.41 Å². The van der Waals surface area contributed by atoms with Crippen molar-refractivity contribution in [3.8, 4) is 11.5 Å². The highest BCUT2D eigenvalue weighted by atomic mass is 16.5. The van der Waals surface area contributed by atoms with E-state index in [4.69, 9.17) is 9.47 Å². The number of benzene rings is 2. The third kappa shape index (κ3) is 6.94. The van der Waals surface area contributed by atoms with Crippen molar-refractivity contribution < 1.29 is 14.3 Å². The summed E-state index contributed by atoms with van der Waals surface area (Å²) < 4.78 is 11.3. The van der Waals surface area contributed by atoms with E-state index in [2.05, 4.69) is 10.6 Å². The first-order chi connectivity index (χ1) is 12.9. The van der Waals surface area contributed by atoms with Gasteiger partial charge in [0.1, 0.15) is 6.61 Å². The lowest BCUT2D eigenvalue weighted by molar-refractivity contribution is -0.128. The van der Waals surface area contributed by atoms with E-state index in [9.17, 15) is 4.79 Å². The number of rotatable bonds is 9. The summed E-state index contributed by atoms with van der Waals surface area (Å²) in [4.78, 5) is 11.8. The molecule has 1 amide bonds. The number of hydrogen-bond donors (Lipinski definition) is 2. The first-order valence-electron chi connectivity index (χ1n) is 9.23. The second kappa shape index (κ2) is 9.97. The van der Waals surface area contributed by atoms with Gasteiger partial charge in [-0.15, -0.1) is 0 Å². The molecule has 0 heterocycles. The van der Waals surface area contributed by atoms with E-state index in [1.807, 2.05) is 69.3 Å². The third-order valence-corrected chi connectivity index (χ3v) is 4.06. The first-order valence-corrected chi connectivity index (χ1v) is 9.23. The van der Waals surface area contributed by atoms with Crippen LogP contribution in [-0.4, -0.2) is 26.1 Å². The Bertz CT molecular complexity index is 724. The van der Waals surface area contributed by atoms with Crippen molar-refractivity contribution >= 4 is 5.91 Å². The molecule has 0 saturated heterocycles. The number of ether oxygens (including phenoxy) is 2. The molecule has 0 aliphatic carbocycles. The molecule has 0 aliphatic rings. The number of nitrogens with one attached hydrogen (secondary N) is 2. The van der Waals surface area contributed by atoms with Gasteiger partial charge < -0.3 is 20.1 Å². The average molecular weight is 370 g/mol. The molecule has 2 aromatic carbocycles. The monoisotopic (exact) mass is 370 g/mol. The summed E-state index contributed by atoms with van der Waals surface area (Å²) in [6.07, 6.45) is 0. The van der Waals surface area contributed by atoms with Gasteiger partial charge in [-0.3, -0.25) is 4.79 Å². The molecule has 0 spiro atoms. The highest BCUT2D eigenvalue weighted by Crippen LogP contribution is 2.28. The maximum absolute atomic E-state index is 11.8. The van der Waals surface area contributed by atoms with Crippen LogP contribution < -0.4 is 20.1 Å². The minimum atomic E-state index is -0.360. The van der Waals surface area contributed by atoms with Crippen molar-refractivity contribution in [1.82, 2.24) is 10.6 Å². The van der Waals surface area contributed by atoms with Crippen LogP contribution in [0.3, 0.4) is 0 Å². The molecule has 0 saturated carbocycles. The van der Waals surface area contributed by atoms with Crippen LogP contribution >= 0.6 is 0 Å². The van der Waals surface area contributed by atoms with E-state index < -0.39 is 0 Å². The van der Waals surface area contributed by atoms with E-state index in [1.54, 1.807) is 7.11 Å². The van der Waals surface area contributed by atoms with Gasteiger partial charge >= 0.3 is 0 Å². The molecule has 2 N–H and O–H groups in total. The van der Waals surface area contributed by atoms with Crippen LogP contribution in [0.4, 0.5) is 0 Å². The second-order valence-corrected chi connectivity index (χ2v) is 7.44. The van der Waals surface area contributed by atoms with Gasteiger partial charge in [-0.2, -0.15) is 0 Å². The largest absolute Gasteiger partial charge is 0.493 e. The van der Waals surface area contributed by atoms with Crippen LogP contribution in [0.1, 0.15) is 31.9 Å². The molecule has 0 atom stereocenters. The van der Waals surface area contributed by atoms with Crippen molar-refractivity contribution in [3.63, 3.8) is 0 Å². The molecule has 0 aliphatic heterocycles. The Morgan fingerprint density at radius 2 is 1.70 bits per heavy atom. The Morgan fingerprint density at radius 3 is 2.37 bits per heavy atom. The van der Waals surface area contributed by atoms with Gasteiger partial charge in [-0.05, 0) is 23.3 Å². The fourth-order valence-corrected chi connectivity index (χ4v) is 2.44. The van der Waals surface area contributed by atoms with E-state index in [0.29, 0.717) is 32.0 Å². The van der Waals surface area contributed by atoms with Crippen molar-refractivity contribution in [2.45, 2.75) is 33.9 Å². The summed E-state index contributed by atoms with van der Waals surface area (Å²) in [5.41, 5.74) is 1.85. The third-order valence-electron chi connectivity index (χ3n) is 4.06. The minimum absolute atomic E-state index is 0.0605. The molecular formula is C22H30N2O3. The number of hydrogen-bond acceptors (Lipinski definition) is 4. The number of methoxy groups -OCH3 is 1. The molecule has 0 aromatic heterocycles. The molecule has 2 rings (SSSR count). The lowest BCUT2D eigenvalue weighted by Crippen LogP contribution is -2.38. The summed E-state index contributed by atoms with van der Waals surface area (Å²) in [7, 11) is 1.64. The molecule has 5 nitrogen and oxygen atoms in total. The smallest absolute Gasteiger partial charge is 0.225 e. The average Bonchev–Trinajstić information content (AvgIpc) is 2.66. The predicted molar refractivity (Wildman–Crippen MR) is 108 cm³/mol.